The molecule has 0 atom stereocenters. The molecular formula is C7H9Cl. The lowest BCUT2D eigenvalue weighted by molar-refractivity contribution is 0.822. The maximum Gasteiger partial charge on any atom is 0.00744 e. The van der Waals surface area contributed by atoms with Crippen molar-refractivity contribution >= 4 is 11.6 Å². The Morgan fingerprint density at radius 1 is 1.62 bits per heavy atom. The van der Waals surface area contributed by atoms with Gasteiger partial charge in [-0.2, -0.15) is 0 Å². The zero-order chi connectivity index (χ0) is 5.82. The highest BCUT2D eigenvalue weighted by atomic mass is 35.5. The van der Waals surface area contributed by atoms with Gasteiger partial charge in [0.15, 0.2) is 0 Å². The van der Waals surface area contributed by atoms with Crippen LogP contribution in [-0.2, 0) is 0 Å². The average Bonchev–Trinajstić information content (AvgIpc) is 1.90. The van der Waals surface area contributed by atoms with Crippen molar-refractivity contribution in [3.63, 3.8) is 0 Å². The Kier molecular flexibility index (Phi) is 2.16. The Morgan fingerprint density at radius 2 is 2.50 bits per heavy atom. The molecule has 0 amide bonds. The van der Waals surface area contributed by atoms with Gasteiger partial charge in [0.1, 0.15) is 0 Å². The molecule has 0 aliphatic heterocycles. The lowest BCUT2D eigenvalue weighted by atomic mass is 10.0. The zero-order valence-corrected chi connectivity index (χ0v) is 5.49. The van der Waals surface area contributed by atoms with Gasteiger partial charge in [0.2, 0.25) is 0 Å². The van der Waals surface area contributed by atoms with Crippen LogP contribution >= 0.6 is 11.6 Å². The molecule has 1 heteroatoms. The van der Waals surface area contributed by atoms with Gasteiger partial charge < -0.3 is 0 Å². The molecular weight excluding hydrogens is 120 g/mol. The van der Waals surface area contributed by atoms with E-state index in [-0.39, 0.29) is 0 Å². The summed E-state index contributed by atoms with van der Waals surface area (Å²) in [6, 6.07) is 0. The summed E-state index contributed by atoms with van der Waals surface area (Å²) in [5.74, 6) is 0. The van der Waals surface area contributed by atoms with E-state index in [1.54, 1.807) is 5.54 Å². The summed E-state index contributed by atoms with van der Waals surface area (Å²) in [4.78, 5) is 0. The molecule has 0 bridgehead atoms. The van der Waals surface area contributed by atoms with Crippen molar-refractivity contribution in [3.05, 3.63) is 23.3 Å². The molecule has 0 spiro atoms. The summed E-state index contributed by atoms with van der Waals surface area (Å²) < 4.78 is 0. The molecule has 44 valence electrons. The van der Waals surface area contributed by atoms with Crippen LogP contribution in [0.15, 0.2) is 23.3 Å². The van der Waals surface area contributed by atoms with Crippen LogP contribution in [0.2, 0.25) is 0 Å². The molecule has 0 radical (unpaired) electrons. The first-order valence-corrected chi connectivity index (χ1v) is 3.33. The first kappa shape index (κ1) is 5.90. The van der Waals surface area contributed by atoms with E-state index in [1.807, 2.05) is 0 Å². The van der Waals surface area contributed by atoms with Crippen molar-refractivity contribution in [2.45, 2.75) is 19.3 Å². The fourth-order valence-corrected chi connectivity index (χ4v) is 1.01. The highest BCUT2D eigenvalue weighted by molar-refractivity contribution is 6.25. The summed E-state index contributed by atoms with van der Waals surface area (Å²) in [5, 5.41) is 0. The van der Waals surface area contributed by atoms with Crippen LogP contribution in [0.25, 0.3) is 0 Å². The predicted octanol–water partition coefficient (Wildman–Crippen LogP) is 2.85. The van der Waals surface area contributed by atoms with E-state index in [4.69, 9.17) is 11.6 Å². The highest BCUT2D eigenvalue weighted by Crippen LogP contribution is 2.15. The third kappa shape index (κ3) is 1.38. The fourth-order valence-electron chi connectivity index (χ4n) is 0.833. The third-order valence-corrected chi connectivity index (χ3v) is 1.59. The fraction of sp³-hybridized carbons (Fsp3) is 0.429. The summed E-state index contributed by atoms with van der Waals surface area (Å²) in [6.45, 7) is 0. The molecule has 0 saturated heterocycles. The Bertz CT molecular complexity index is 122. The summed E-state index contributed by atoms with van der Waals surface area (Å²) in [6.07, 6.45) is 7.89. The molecule has 0 saturated carbocycles. The van der Waals surface area contributed by atoms with E-state index in [9.17, 15) is 0 Å². The van der Waals surface area contributed by atoms with Crippen molar-refractivity contribution in [2.75, 3.05) is 0 Å². The Hall–Kier alpha value is -0.230. The quantitative estimate of drug-likeness (QED) is 0.471. The van der Waals surface area contributed by atoms with E-state index in [2.05, 4.69) is 12.2 Å². The van der Waals surface area contributed by atoms with Crippen molar-refractivity contribution in [3.8, 4) is 0 Å². The minimum Gasteiger partial charge on any atom is -0.0927 e. The number of hydrogen-bond donors (Lipinski definition) is 0. The molecule has 0 unspecified atom stereocenters. The second-order valence-electron chi connectivity index (χ2n) is 1.98. The molecule has 1 rings (SSSR count). The van der Waals surface area contributed by atoms with Crippen LogP contribution in [0, 0.1) is 0 Å². The minimum atomic E-state index is 1.15. The normalized spacial score (nSPS) is 24.4. The van der Waals surface area contributed by atoms with Gasteiger partial charge in [0, 0.05) is 5.54 Å². The van der Waals surface area contributed by atoms with Crippen LogP contribution in [0.4, 0.5) is 0 Å². The molecule has 0 aromatic rings. The van der Waals surface area contributed by atoms with Gasteiger partial charge in [-0.05, 0) is 24.8 Å². The van der Waals surface area contributed by atoms with Gasteiger partial charge >= 0.3 is 0 Å². The van der Waals surface area contributed by atoms with Gasteiger partial charge in [0.25, 0.3) is 0 Å². The number of halogens is 1. The topological polar surface area (TPSA) is 0 Å². The maximum atomic E-state index is 5.47. The van der Waals surface area contributed by atoms with Crippen LogP contribution < -0.4 is 0 Å². The Morgan fingerprint density at radius 3 is 2.88 bits per heavy atom. The SMILES string of the molecule is ClC=C1C=CCCC1. The lowest BCUT2D eigenvalue weighted by Gasteiger charge is -2.03. The molecule has 0 fully saturated rings. The molecule has 0 heterocycles. The van der Waals surface area contributed by atoms with E-state index in [1.165, 1.54) is 18.4 Å². The maximum absolute atomic E-state index is 5.47. The Labute approximate surface area is 54.8 Å². The molecule has 8 heavy (non-hydrogen) atoms. The van der Waals surface area contributed by atoms with Crippen LogP contribution in [0.1, 0.15) is 19.3 Å². The van der Waals surface area contributed by atoms with Crippen molar-refractivity contribution in [2.24, 2.45) is 0 Å². The van der Waals surface area contributed by atoms with Gasteiger partial charge in [-0.1, -0.05) is 23.8 Å². The number of allylic oxidation sites excluding steroid dienone is 3. The third-order valence-electron chi connectivity index (χ3n) is 1.31. The van der Waals surface area contributed by atoms with Gasteiger partial charge in [0.05, 0.1) is 0 Å². The number of hydrogen-bond acceptors (Lipinski definition) is 0. The Balaban J connectivity index is 2.56. The van der Waals surface area contributed by atoms with Crippen LogP contribution in [0.3, 0.4) is 0 Å². The van der Waals surface area contributed by atoms with Crippen molar-refractivity contribution < 1.29 is 0 Å². The van der Waals surface area contributed by atoms with E-state index in [0.29, 0.717) is 0 Å². The summed E-state index contributed by atoms with van der Waals surface area (Å²) in [7, 11) is 0. The van der Waals surface area contributed by atoms with E-state index < -0.39 is 0 Å². The molecule has 0 N–H and O–H groups in total. The monoisotopic (exact) mass is 128 g/mol. The average molecular weight is 129 g/mol. The van der Waals surface area contributed by atoms with Gasteiger partial charge in [-0.15, -0.1) is 0 Å². The predicted molar refractivity (Wildman–Crippen MR) is 36.9 cm³/mol. The van der Waals surface area contributed by atoms with Crippen molar-refractivity contribution in [1.82, 2.24) is 0 Å². The molecule has 0 nitrogen and oxygen atoms in total. The smallest absolute Gasteiger partial charge is 0.00744 e. The van der Waals surface area contributed by atoms with E-state index in [0.717, 1.165) is 6.42 Å². The second-order valence-corrected chi connectivity index (χ2v) is 2.20. The molecule has 1 aliphatic carbocycles. The first-order valence-electron chi connectivity index (χ1n) is 2.89. The highest BCUT2D eigenvalue weighted by Gasteiger charge is 1.95. The first-order chi connectivity index (χ1) is 3.93. The van der Waals surface area contributed by atoms with Crippen LogP contribution in [0.5, 0.6) is 0 Å². The van der Waals surface area contributed by atoms with Gasteiger partial charge in [-0.3, -0.25) is 0 Å². The minimum absolute atomic E-state index is 1.15. The molecule has 0 aromatic carbocycles. The molecule has 0 aromatic heterocycles. The van der Waals surface area contributed by atoms with Crippen molar-refractivity contribution in [1.29, 1.82) is 0 Å². The van der Waals surface area contributed by atoms with E-state index >= 15 is 0 Å². The van der Waals surface area contributed by atoms with Crippen LogP contribution in [-0.4, -0.2) is 0 Å². The zero-order valence-electron chi connectivity index (χ0n) is 4.73. The van der Waals surface area contributed by atoms with Gasteiger partial charge in [-0.25, -0.2) is 0 Å². The molecule has 1 aliphatic rings. The largest absolute Gasteiger partial charge is 0.0927 e. The standard InChI is InChI=1S/C7H9Cl/c8-6-7-4-2-1-3-5-7/h2,4,6H,1,3,5H2. The lowest BCUT2D eigenvalue weighted by Crippen LogP contribution is -1.83. The number of rotatable bonds is 0. The second kappa shape index (κ2) is 2.93. The summed E-state index contributed by atoms with van der Waals surface area (Å²) >= 11 is 5.47. The summed E-state index contributed by atoms with van der Waals surface area (Å²) in [5.41, 5.74) is 2.92.